The Labute approximate surface area is 172 Å². The van der Waals surface area contributed by atoms with Crippen LogP contribution in [0, 0.1) is 0 Å². The second-order valence-corrected chi connectivity index (χ2v) is 7.65. The van der Waals surface area contributed by atoms with Crippen molar-refractivity contribution >= 4 is 41.7 Å². The highest BCUT2D eigenvalue weighted by Crippen LogP contribution is 2.29. The van der Waals surface area contributed by atoms with Crippen molar-refractivity contribution in [1.82, 2.24) is 15.5 Å². The molecule has 1 aromatic heterocycles. The first-order valence-electron chi connectivity index (χ1n) is 9.15. The third-order valence-corrected chi connectivity index (χ3v) is 5.33. The first-order chi connectivity index (χ1) is 11.8. The molecule has 0 amide bonds. The zero-order valence-electron chi connectivity index (χ0n) is 15.1. The van der Waals surface area contributed by atoms with Crippen LogP contribution in [-0.4, -0.2) is 61.1 Å². The molecule has 25 heavy (non-hydrogen) atoms. The Morgan fingerprint density at radius 1 is 1.32 bits per heavy atom. The van der Waals surface area contributed by atoms with E-state index in [1.54, 1.807) is 6.26 Å². The summed E-state index contributed by atoms with van der Waals surface area (Å²) in [4.78, 5) is 7.38. The zero-order valence-corrected chi connectivity index (χ0v) is 18.2. The van der Waals surface area contributed by atoms with E-state index in [1.165, 1.54) is 38.8 Å². The van der Waals surface area contributed by atoms with Crippen molar-refractivity contribution in [2.75, 3.05) is 38.2 Å². The highest BCUT2D eigenvalue weighted by molar-refractivity contribution is 14.0. The van der Waals surface area contributed by atoms with Crippen LogP contribution in [0.15, 0.2) is 27.8 Å². The third kappa shape index (κ3) is 7.38. The highest BCUT2D eigenvalue weighted by atomic mass is 127. The van der Waals surface area contributed by atoms with Crippen LogP contribution in [0.2, 0.25) is 0 Å². The van der Waals surface area contributed by atoms with E-state index < -0.39 is 0 Å². The molecule has 7 heteroatoms. The topological polar surface area (TPSA) is 52.8 Å². The number of likely N-dealkylation sites (tertiary alicyclic amines) is 1. The maximum Gasteiger partial charge on any atom is 0.191 e. The molecule has 1 aliphatic heterocycles. The highest BCUT2D eigenvalue weighted by Gasteiger charge is 2.31. The normalized spacial score (nSPS) is 19.5. The van der Waals surface area contributed by atoms with Gasteiger partial charge in [0, 0.05) is 43.9 Å². The maximum absolute atomic E-state index is 5.39. The number of hydrogen-bond donors (Lipinski definition) is 2. The fourth-order valence-corrected chi connectivity index (χ4v) is 3.48. The molecule has 2 fully saturated rings. The molecule has 1 saturated carbocycles. The SMILES string of the molecule is CSCCN=C(NCCc1ccco1)NC1CCN(C2CC2)CC1.I. The third-order valence-electron chi connectivity index (χ3n) is 4.74. The second-order valence-electron chi connectivity index (χ2n) is 6.67. The molecule has 0 aromatic carbocycles. The smallest absolute Gasteiger partial charge is 0.191 e. The molecule has 3 rings (SSSR count). The van der Waals surface area contributed by atoms with Gasteiger partial charge in [0.2, 0.25) is 0 Å². The monoisotopic (exact) mass is 478 g/mol. The van der Waals surface area contributed by atoms with Gasteiger partial charge >= 0.3 is 0 Å². The molecule has 1 aliphatic carbocycles. The molecule has 0 bridgehead atoms. The van der Waals surface area contributed by atoms with Crippen molar-refractivity contribution in [3.05, 3.63) is 24.2 Å². The van der Waals surface area contributed by atoms with Crippen LogP contribution in [-0.2, 0) is 6.42 Å². The molecule has 5 nitrogen and oxygen atoms in total. The predicted molar refractivity (Wildman–Crippen MR) is 117 cm³/mol. The largest absolute Gasteiger partial charge is 0.469 e. The number of furan rings is 1. The van der Waals surface area contributed by atoms with Crippen molar-refractivity contribution in [2.24, 2.45) is 4.99 Å². The molecule has 0 atom stereocenters. The van der Waals surface area contributed by atoms with Gasteiger partial charge < -0.3 is 20.0 Å². The number of piperidine rings is 1. The van der Waals surface area contributed by atoms with Crippen LogP contribution in [0.1, 0.15) is 31.4 Å². The Kier molecular flexibility index (Phi) is 9.47. The first kappa shape index (κ1) is 20.9. The number of aliphatic imine (C=N–C) groups is 1. The zero-order chi connectivity index (χ0) is 16.6. The summed E-state index contributed by atoms with van der Waals surface area (Å²) in [6.07, 6.45) is 10.0. The molecule has 0 radical (unpaired) electrons. The summed E-state index contributed by atoms with van der Waals surface area (Å²) in [7, 11) is 0. The van der Waals surface area contributed by atoms with Gasteiger partial charge in [-0.25, -0.2) is 0 Å². The molecule has 0 spiro atoms. The summed E-state index contributed by atoms with van der Waals surface area (Å²) in [5.41, 5.74) is 0. The second kappa shape index (κ2) is 11.3. The number of hydrogen-bond acceptors (Lipinski definition) is 4. The van der Waals surface area contributed by atoms with Crippen LogP contribution in [0.4, 0.5) is 0 Å². The summed E-state index contributed by atoms with van der Waals surface area (Å²) < 4.78 is 5.39. The molecule has 142 valence electrons. The van der Waals surface area contributed by atoms with E-state index in [4.69, 9.17) is 9.41 Å². The van der Waals surface area contributed by atoms with Gasteiger partial charge in [-0.1, -0.05) is 0 Å². The Balaban J connectivity index is 0.00000225. The quantitative estimate of drug-likeness (QED) is 0.261. The van der Waals surface area contributed by atoms with Gasteiger partial charge in [-0.05, 0) is 44.1 Å². The van der Waals surface area contributed by atoms with E-state index in [-0.39, 0.29) is 24.0 Å². The number of nitrogens with one attached hydrogen (secondary N) is 2. The predicted octanol–water partition coefficient (Wildman–Crippen LogP) is 2.97. The summed E-state index contributed by atoms with van der Waals surface area (Å²) in [6.45, 7) is 4.16. The van der Waals surface area contributed by atoms with Gasteiger partial charge in [0.15, 0.2) is 5.96 Å². The van der Waals surface area contributed by atoms with Crippen LogP contribution in [0.5, 0.6) is 0 Å². The van der Waals surface area contributed by atoms with Gasteiger partial charge in [0.1, 0.15) is 5.76 Å². The minimum atomic E-state index is 0. The lowest BCUT2D eigenvalue weighted by atomic mass is 10.1. The lowest BCUT2D eigenvalue weighted by Crippen LogP contribution is -2.49. The number of guanidine groups is 1. The van der Waals surface area contributed by atoms with Crippen molar-refractivity contribution in [3.8, 4) is 0 Å². The number of halogens is 1. The fraction of sp³-hybridized carbons (Fsp3) is 0.722. The lowest BCUT2D eigenvalue weighted by Gasteiger charge is -2.33. The standard InChI is InChI=1S/C18H30N4OS.HI/c1-24-14-10-20-18(19-9-6-17-3-2-13-23-17)21-15-7-11-22(12-8-15)16-4-5-16;/h2-3,13,15-16H,4-12,14H2,1H3,(H2,19,20,21);1H. The van der Waals surface area contributed by atoms with E-state index in [1.807, 2.05) is 23.9 Å². The summed E-state index contributed by atoms with van der Waals surface area (Å²) in [6, 6.07) is 5.40. The Morgan fingerprint density at radius 2 is 2.12 bits per heavy atom. The summed E-state index contributed by atoms with van der Waals surface area (Å²) in [5, 5.41) is 7.11. The molecule has 0 unspecified atom stereocenters. The van der Waals surface area contributed by atoms with Gasteiger partial charge in [-0.15, -0.1) is 24.0 Å². The van der Waals surface area contributed by atoms with Crippen LogP contribution in [0.25, 0.3) is 0 Å². The Hall–Kier alpha value is -0.410. The van der Waals surface area contributed by atoms with Crippen molar-refractivity contribution in [2.45, 2.75) is 44.2 Å². The summed E-state index contributed by atoms with van der Waals surface area (Å²) in [5.74, 6) is 3.04. The van der Waals surface area contributed by atoms with Crippen molar-refractivity contribution < 1.29 is 4.42 Å². The molecule has 2 aliphatic rings. The maximum atomic E-state index is 5.39. The van der Waals surface area contributed by atoms with Gasteiger partial charge in [-0.3, -0.25) is 4.99 Å². The Bertz CT molecular complexity index is 499. The van der Waals surface area contributed by atoms with Gasteiger partial charge in [-0.2, -0.15) is 11.8 Å². The van der Waals surface area contributed by atoms with Gasteiger partial charge in [0.05, 0.1) is 12.8 Å². The van der Waals surface area contributed by atoms with Gasteiger partial charge in [0.25, 0.3) is 0 Å². The average Bonchev–Trinajstić information content (AvgIpc) is 3.32. The van der Waals surface area contributed by atoms with Crippen LogP contribution in [0.3, 0.4) is 0 Å². The average molecular weight is 478 g/mol. The van der Waals surface area contributed by atoms with E-state index in [0.29, 0.717) is 6.04 Å². The number of nitrogens with zero attached hydrogens (tertiary/aromatic N) is 2. The molecular weight excluding hydrogens is 447 g/mol. The molecular formula is C18H31IN4OS. The van der Waals surface area contributed by atoms with Crippen LogP contribution < -0.4 is 10.6 Å². The minimum Gasteiger partial charge on any atom is -0.469 e. The lowest BCUT2D eigenvalue weighted by molar-refractivity contribution is 0.197. The van der Waals surface area contributed by atoms with E-state index in [0.717, 1.165) is 43.0 Å². The minimum absolute atomic E-state index is 0. The van der Waals surface area contributed by atoms with Crippen molar-refractivity contribution in [3.63, 3.8) is 0 Å². The van der Waals surface area contributed by atoms with E-state index in [2.05, 4.69) is 21.8 Å². The van der Waals surface area contributed by atoms with Crippen LogP contribution >= 0.6 is 35.7 Å². The number of thioether (sulfide) groups is 1. The van der Waals surface area contributed by atoms with Crippen molar-refractivity contribution in [1.29, 1.82) is 0 Å². The fourth-order valence-electron chi connectivity index (χ4n) is 3.20. The van der Waals surface area contributed by atoms with E-state index in [9.17, 15) is 0 Å². The van der Waals surface area contributed by atoms with E-state index >= 15 is 0 Å². The first-order valence-corrected chi connectivity index (χ1v) is 10.5. The molecule has 1 aromatic rings. The molecule has 1 saturated heterocycles. The number of rotatable bonds is 8. The summed E-state index contributed by atoms with van der Waals surface area (Å²) >= 11 is 1.84. The molecule has 2 N–H and O–H groups in total. The Morgan fingerprint density at radius 3 is 2.76 bits per heavy atom. The molecule has 2 heterocycles.